The summed E-state index contributed by atoms with van der Waals surface area (Å²) in [5.74, 6) is -0.125. The molecule has 0 aromatic carbocycles. The van der Waals surface area contributed by atoms with Crippen molar-refractivity contribution in [2.45, 2.75) is 50.4 Å². The summed E-state index contributed by atoms with van der Waals surface area (Å²) in [4.78, 5) is 18.8. The molecule has 0 spiro atoms. The highest BCUT2D eigenvalue weighted by atomic mass is 19.4. The van der Waals surface area contributed by atoms with Crippen molar-refractivity contribution in [3.63, 3.8) is 0 Å². The van der Waals surface area contributed by atoms with E-state index in [0.717, 1.165) is 62.1 Å². The average Bonchev–Trinajstić information content (AvgIpc) is 3.15. The third-order valence-electron chi connectivity index (χ3n) is 6.42. The van der Waals surface area contributed by atoms with Gasteiger partial charge in [0.2, 0.25) is 11.8 Å². The molecule has 2 aromatic heterocycles. The third-order valence-corrected chi connectivity index (χ3v) is 6.42. The fraction of sp³-hybridized carbons (Fsp3) is 0.560. The van der Waals surface area contributed by atoms with Crippen LogP contribution in [0.5, 0.6) is 5.88 Å². The Morgan fingerprint density at radius 2 is 2.11 bits per heavy atom. The standard InChI is InChI=1S/C25H32F3N5O3/c1-32-15-18(14-29-32)2-6-23(34)30-20-4-5-21(35-16-20)9-12-33-11-8-19-3-7-24(31-22(19)10-13-33)36-17-25(26,27)28/h2-3,6-7,14-15,20-21H,4-5,8-13,16-17H2,1H3,(H,30,34)/b6-2+/t20-,21+/m0/s1. The number of pyridine rings is 1. The molecule has 1 amide bonds. The van der Waals surface area contributed by atoms with Crippen molar-refractivity contribution in [1.29, 1.82) is 0 Å². The van der Waals surface area contributed by atoms with Gasteiger partial charge in [-0.2, -0.15) is 18.3 Å². The number of ether oxygens (including phenoxy) is 2. The van der Waals surface area contributed by atoms with E-state index in [1.807, 2.05) is 19.3 Å². The van der Waals surface area contributed by atoms with Gasteiger partial charge in [0.1, 0.15) is 0 Å². The van der Waals surface area contributed by atoms with Gasteiger partial charge in [-0.1, -0.05) is 6.07 Å². The maximum atomic E-state index is 12.4. The monoisotopic (exact) mass is 507 g/mol. The second-order valence-electron chi connectivity index (χ2n) is 9.31. The van der Waals surface area contributed by atoms with E-state index in [9.17, 15) is 18.0 Å². The van der Waals surface area contributed by atoms with Crippen LogP contribution >= 0.6 is 0 Å². The lowest BCUT2D eigenvalue weighted by atomic mass is 10.0. The summed E-state index contributed by atoms with van der Waals surface area (Å²) in [5, 5.41) is 7.07. The van der Waals surface area contributed by atoms with Crippen molar-refractivity contribution < 1.29 is 27.4 Å². The Balaban J connectivity index is 1.15. The van der Waals surface area contributed by atoms with Crippen molar-refractivity contribution >= 4 is 12.0 Å². The highest BCUT2D eigenvalue weighted by Crippen LogP contribution is 2.22. The van der Waals surface area contributed by atoms with Crippen LogP contribution in [0.25, 0.3) is 6.08 Å². The maximum absolute atomic E-state index is 12.4. The van der Waals surface area contributed by atoms with Gasteiger partial charge in [0, 0.05) is 62.7 Å². The molecule has 0 radical (unpaired) electrons. The van der Waals surface area contributed by atoms with E-state index in [4.69, 9.17) is 9.47 Å². The first kappa shape index (κ1) is 26.2. The SMILES string of the molecule is Cn1cc(/C=C/C(=O)N[C@H]2CC[C@H](CCN3CCc4ccc(OCC(F)(F)F)nc4CC3)OC2)cn1. The first-order chi connectivity index (χ1) is 17.2. The number of alkyl halides is 3. The van der Waals surface area contributed by atoms with Crippen LogP contribution in [-0.2, 0) is 29.4 Å². The lowest BCUT2D eigenvalue weighted by Crippen LogP contribution is -2.43. The smallest absolute Gasteiger partial charge is 0.422 e. The second kappa shape index (κ2) is 11.9. The van der Waals surface area contributed by atoms with Gasteiger partial charge in [0.05, 0.1) is 24.9 Å². The molecule has 1 fully saturated rings. The normalized spacial score (nSPS) is 21.2. The molecule has 4 rings (SSSR count). The molecule has 2 aliphatic heterocycles. The molecule has 196 valence electrons. The molecule has 0 bridgehead atoms. The fourth-order valence-electron chi connectivity index (χ4n) is 4.49. The van der Waals surface area contributed by atoms with E-state index in [1.165, 1.54) is 12.1 Å². The number of amides is 1. The molecule has 0 unspecified atom stereocenters. The molecule has 11 heteroatoms. The van der Waals surface area contributed by atoms with Gasteiger partial charge >= 0.3 is 6.18 Å². The lowest BCUT2D eigenvalue weighted by Gasteiger charge is -2.31. The molecule has 2 aromatic rings. The van der Waals surface area contributed by atoms with Gasteiger partial charge in [0.15, 0.2) is 6.61 Å². The van der Waals surface area contributed by atoms with Crippen LogP contribution in [0.4, 0.5) is 13.2 Å². The lowest BCUT2D eigenvalue weighted by molar-refractivity contribution is -0.154. The molecule has 1 N–H and O–H groups in total. The molecule has 4 heterocycles. The number of hydrogen-bond acceptors (Lipinski definition) is 6. The summed E-state index contributed by atoms with van der Waals surface area (Å²) in [7, 11) is 1.83. The Morgan fingerprint density at radius 3 is 2.83 bits per heavy atom. The minimum absolute atomic E-state index is 0.000168. The zero-order chi connectivity index (χ0) is 25.5. The summed E-state index contributed by atoms with van der Waals surface area (Å²) in [6.45, 7) is 1.69. The van der Waals surface area contributed by atoms with Gasteiger partial charge in [0.25, 0.3) is 0 Å². The second-order valence-corrected chi connectivity index (χ2v) is 9.31. The third kappa shape index (κ3) is 8.06. The van der Waals surface area contributed by atoms with Crippen LogP contribution in [0.3, 0.4) is 0 Å². The van der Waals surface area contributed by atoms with Crippen molar-refractivity contribution in [1.82, 2.24) is 25.0 Å². The fourth-order valence-corrected chi connectivity index (χ4v) is 4.49. The highest BCUT2D eigenvalue weighted by Gasteiger charge is 2.29. The molecule has 36 heavy (non-hydrogen) atoms. The molecule has 2 aliphatic rings. The Labute approximate surface area is 208 Å². The minimum atomic E-state index is -4.38. The molecular weight excluding hydrogens is 475 g/mol. The molecule has 0 saturated carbocycles. The van der Waals surface area contributed by atoms with E-state index < -0.39 is 12.8 Å². The summed E-state index contributed by atoms with van der Waals surface area (Å²) < 4.78 is 49.7. The molecular formula is C25H32F3N5O3. The van der Waals surface area contributed by atoms with Gasteiger partial charge in [-0.15, -0.1) is 0 Å². The Kier molecular flexibility index (Phi) is 8.63. The quantitative estimate of drug-likeness (QED) is 0.554. The predicted molar refractivity (Wildman–Crippen MR) is 127 cm³/mol. The number of carbonyl (C=O) groups is 1. The number of nitrogens with one attached hydrogen (secondary N) is 1. The van der Waals surface area contributed by atoms with Crippen LogP contribution in [0.15, 0.2) is 30.6 Å². The van der Waals surface area contributed by atoms with Crippen LogP contribution in [0, 0.1) is 0 Å². The van der Waals surface area contributed by atoms with Gasteiger partial charge in [-0.3, -0.25) is 9.48 Å². The Bertz CT molecular complexity index is 1050. The summed E-state index contributed by atoms with van der Waals surface area (Å²) in [6.07, 6.45) is 6.67. The van der Waals surface area contributed by atoms with E-state index in [2.05, 4.69) is 20.3 Å². The highest BCUT2D eigenvalue weighted by molar-refractivity contribution is 5.91. The topological polar surface area (TPSA) is 81.5 Å². The molecule has 0 aliphatic carbocycles. The van der Waals surface area contributed by atoms with Gasteiger partial charge < -0.3 is 19.7 Å². The van der Waals surface area contributed by atoms with Crippen molar-refractivity contribution in [2.24, 2.45) is 7.05 Å². The molecule has 8 nitrogen and oxygen atoms in total. The zero-order valence-corrected chi connectivity index (χ0v) is 20.3. The predicted octanol–water partition coefficient (Wildman–Crippen LogP) is 2.92. The van der Waals surface area contributed by atoms with Gasteiger partial charge in [-0.25, -0.2) is 4.98 Å². The van der Waals surface area contributed by atoms with Gasteiger partial charge in [-0.05, 0) is 37.3 Å². The summed E-state index contributed by atoms with van der Waals surface area (Å²) in [6, 6.07) is 3.34. The first-order valence-corrected chi connectivity index (χ1v) is 12.2. The number of aryl methyl sites for hydroxylation is 1. The van der Waals surface area contributed by atoms with Crippen molar-refractivity contribution in [3.8, 4) is 5.88 Å². The number of rotatable bonds is 8. The largest absolute Gasteiger partial charge is 0.468 e. The van der Waals surface area contributed by atoms with Crippen LogP contribution in [-0.4, -0.2) is 76.7 Å². The molecule has 2 atom stereocenters. The first-order valence-electron chi connectivity index (χ1n) is 12.2. The van der Waals surface area contributed by atoms with Crippen LogP contribution in [0.1, 0.15) is 36.1 Å². The number of fused-ring (bicyclic) bond motifs is 1. The van der Waals surface area contributed by atoms with Crippen LogP contribution in [0.2, 0.25) is 0 Å². The number of carbonyl (C=O) groups excluding carboxylic acids is 1. The number of nitrogens with zero attached hydrogens (tertiary/aromatic N) is 4. The summed E-state index contributed by atoms with van der Waals surface area (Å²) in [5.41, 5.74) is 2.74. The summed E-state index contributed by atoms with van der Waals surface area (Å²) >= 11 is 0. The number of hydrogen-bond donors (Lipinski definition) is 1. The molecule has 1 saturated heterocycles. The van der Waals surface area contributed by atoms with E-state index in [1.54, 1.807) is 17.0 Å². The number of aromatic nitrogens is 3. The van der Waals surface area contributed by atoms with Crippen molar-refractivity contribution in [3.05, 3.63) is 47.4 Å². The van der Waals surface area contributed by atoms with Crippen LogP contribution < -0.4 is 10.1 Å². The van der Waals surface area contributed by atoms with E-state index >= 15 is 0 Å². The zero-order valence-electron chi connectivity index (χ0n) is 20.3. The minimum Gasteiger partial charge on any atom is -0.468 e. The van der Waals surface area contributed by atoms with Crippen molar-refractivity contribution in [2.75, 3.05) is 32.8 Å². The Hall–Kier alpha value is -2.92. The Morgan fingerprint density at radius 1 is 1.28 bits per heavy atom. The maximum Gasteiger partial charge on any atom is 0.422 e. The average molecular weight is 508 g/mol. The van der Waals surface area contributed by atoms with E-state index in [0.29, 0.717) is 13.0 Å². The van der Waals surface area contributed by atoms with E-state index in [-0.39, 0.29) is 23.9 Å². The number of halogens is 3.